The minimum atomic E-state index is -0.600. The van der Waals surface area contributed by atoms with Crippen molar-refractivity contribution in [2.75, 3.05) is 0 Å². The summed E-state index contributed by atoms with van der Waals surface area (Å²) < 4.78 is 0. The largest absolute Gasteiger partial charge is 0.363 e. The van der Waals surface area contributed by atoms with Crippen molar-refractivity contribution in [1.29, 1.82) is 0 Å². The van der Waals surface area contributed by atoms with Gasteiger partial charge in [0.05, 0.1) is 5.56 Å². The minimum Gasteiger partial charge on any atom is -0.358 e. The number of hydrogen-bond acceptors (Lipinski definition) is 4. The zero-order valence-electron chi connectivity index (χ0n) is 6.43. The summed E-state index contributed by atoms with van der Waals surface area (Å²) in [5.41, 5.74) is 0.470. The molecule has 0 saturated heterocycles. The van der Waals surface area contributed by atoms with E-state index in [4.69, 9.17) is 0 Å². The van der Waals surface area contributed by atoms with Crippen LogP contribution in [0.25, 0.3) is 0 Å². The maximum atomic E-state index is 10.2. The van der Waals surface area contributed by atoms with Crippen LogP contribution in [0, 0.1) is 22.0 Å². The van der Waals surface area contributed by atoms with Gasteiger partial charge < -0.3 is 10.1 Å². The summed E-state index contributed by atoms with van der Waals surface area (Å²) in [6, 6.07) is 2.66. The van der Waals surface area contributed by atoms with Gasteiger partial charge in [-0.1, -0.05) is 5.92 Å². The van der Waals surface area contributed by atoms with E-state index in [1.54, 1.807) is 0 Å². The monoisotopic (exact) mass is 176 g/mol. The van der Waals surface area contributed by atoms with Crippen LogP contribution in [-0.2, 0) is 4.79 Å². The molecule has 13 heavy (non-hydrogen) atoms. The maximum absolute atomic E-state index is 10.2. The van der Waals surface area contributed by atoms with Crippen molar-refractivity contribution in [3.8, 4) is 11.8 Å². The smallest absolute Gasteiger partial charge is 0.358 e. The second kappa shape index (κ2) is 3.97. The van der Waals surface area contributed by atoms with E-state index < -0.39 is 4.92 Å². The van der Waals surface area contributed by atoms with Crippen LogP contribution < -0.4 is 0 Å². The fourth-order valence-corrected chi connectivity index (χ4v) is 0.681. The van der Waals surface area contributed by atoms with Gasteiger partial charge in [-0.05, 0) is 21.9 Å². The Balaban J connectivity index is 2.93. The lowest BCUT2D eigenvalue weighted by atomic mass is 10.3. The van der Waals surface area contributed by atoms with Crippen LogP contribution in [0.1, 0.15) is 5.56 Å². The third kappa shape index (κ3) is 2.38. The third-order valence-electron chi connectivity index (χ3n) is 1.21. The summed E-state index contributed by atoms with van der Waals surface area (Å²) in [5, 5.41) is 10.2. The number of rotatable bonds is 1. The molecule has 0 N–H and O–H groups in total. The van der Waals surface area contributed by atoms with Crippen molar-refractivity contribution in [3.63, 3.8) is 0 Å². The molecular weight excluding hydrogens is 172 g/mol. The Morgan fingerprint density at radius 3 is 2.77 bits per heavy atom. The third-order valence-corrected chi connectivity index (χ3v) is 1.21. The van der Waals surface area contributed by atoms with Gasteiger partial charge >= 0.3 is 5.82 Å². The summed E-state index contributed by atoms with van der Waals surface area (Å²) in [4.78, 5) is 22.9. The van der Waals surface area contributed by atoms with Gasteiger partial charge in [-0.15, -0.1) is 0 Å². The van der Waals surface area contributed by atoms with Gasteiger partial charge in [-0.3, -0.25) is 4.79 Å². The highest BCUT2D eigenvalue weighted by Gasteiger charge is 2.04. The first kappa shape index (κ1) is 8.87. The number of pyridine rings is 1. The molecule has 0 unspecified atom stereocenters. The molecule has 1 aromatic rings. The zero-order chi connectivity index (χ0) is 9.68. The Hall–Kier alpha value is -2.22. The first-order valence-electron chi connectivity index (χ1n) is 3.29. The molecule has 0 amide bonds. The molecule has 0 atom stereocenters. The molecule has 0 aliphatic heterocycles. The van der Waals surface area contributed by atoms with E-state index in [2.05, 4.69) is 16.8 Å². The molecule has 1 rings (SSSR count). The predicted molar refractivity (Wildman–Crippen MR) is 43.8 cm³/mol. The molecule has 1 aromatic heterocycles. The summed E-state index contributed by atoms with van der Waals surface area (Å²) in [7, 11) is 0. The Morgan fingerprint density at radius 2 is 2.31 bits per heavy atom. The van der Waals surface area contributed by atoms with Crippen molar-refractivity contribution >= 4 is 12.1 Å². The summed E-state index contributed by atoms with van der Waals surface area (Å²) in [6.07, 6.45) is 1.69. The van der Waals surface area contributed by atoms with E-state index in [0.29, 0.717) is 11.8 Å². The van der Waals surface area contributed by atoms with Crippen LogP contribution in [0.5, 0.6) is 0 Å². The van der Waals surface area contributed by atoms with E-state index in [1.807, 2.05) is 0 Å². The second-order valence-corrected chi connectivity index (χ2v) is 2.05. The molecule has 0 spiro atoms. The number of aldehydes is 1. The average Bonchev–Trinajstić information content (AvgIpc) is 2.15. The fourth-order valence-electron chi connectivity index (χ4n) is 0.681. The van der Waals surface area contributed by atoms with Crippen molar-refractivity contribution in [1.82, 2.24) is 4.98 Å². The standard InChI is InChI=1S/C8H4N2O3/c11-5-1-2-7-3-4-8(9-6-7)10(12)13/h3-6H. The van der Waals surface area contributed by atoms with Crippen molar-refractivity contribution in [2.45, 2.75) is 0 Å². The van der Waals surface area contributed by atoms with Crippen molar-refractivity contribution in [2.24, 2.45) is 0 Å². The highest BCUT2D eigenvalue weighted by atomic mass is 16.6. The molecule has 0 saturated carbocycles. The molecule has 0 radical (unpaired) electrons. The maximum Gasteiger partial charge on any atom is 0.363 e. The molecule has 0 fully saturated rings. The van der Waals surface area contributed by atoms with Gasteiger partial charge in [0, 0.05) is 6.07 Å². The Labute approximate surface area is 73.6 Å². The Morgan fingerprint density at radius 1 is 1.54 bits per heavy atom. The molecule has 1 heterocycles. The Bertz CT molecular complexity index is 386. The number of aromatic nitrogens is 1. The highest BCUT2D eigenvalue weighted by Crippen LogP contribution is 2.05. The lowest BCUT2D eigenvalue weighted by Gasteiger charge is -1.89. The zero-order valence-corrected chi connectivity index (χ0v) is 6.43. The van der Waals surface area contributed by atoms with Crippen LogP contribution >= 0.6 is 0 Å². The lowest BCUT2D eigenvalue weighted by molar-refractivity contribution is -0.389. The molecular formula is C8H4N2O3. The number of hydrogen-bond donors (Lipinski definition) is 0. The number of carbonyl (C=O) groups is 1. The van der Waals surface area contributed by atoms with Crippen LogP contribution in [-0.4, -0.2) is 16.2 Å². The predicted octanol–water partition coefficient (Wildman–Crippen LogP) is 0.540. The van der Waals surface area contributed by atoms with Crippen LogP contribution in [0.2, 0.25) is 0 Å². The second-order valence-electron chi connectivity index (χ2n) is 2.05. The normalized spacial score (nSPS) is 8.31. The minimum absolute atomic E-state index is 0.239. The molecule has 0 aliphatic carbocycles. The molecule has 5 heteroatoms. The van der Waals surface area contributed by atoms with E-state index in [-0.39, 0.29) is 5.82 Å². The number of nitrogens with zero attached hydrogens (tertiary/aromatic N) is 2. The molecule has 5 nitrogen and oxygen atoms in total. The SMILES string of the molecule is O=CC#Cc1ccc([N+](=O)[O-])nc1. The summed E-state index contributed by atoms with van der Waals surface area (Å²) >= 11 is 0. The number of nitro groups is 1. The van der Waals surface area contributed by atoms with Gasteiger partial charge in [0.15, 0.2) is 12.5 Å². The highest BCUT2D eigenvalue weighted by molar-refractivity contribution is 5.73. The lowest BCUT2D eigenvalue weighted by Crippen LogP contribution is -1.91. The topological polar surface area (TPSA) is 73.1 Å². The fraction of sp³-hybridized carbons (Fsp3) is 0. The van der Waals surface area contributed by atoms with Crippen LogP contribution in [0.3, 0.4) is 0 Å². The molecule has 0 aromatic carbocycles. The Kier molecular flexibility index (Phi) is 2.71. The average molecular weight is 176 g/mol. The molecule has 0 bridgehead atoms. The first-order valence-corrected chi connectivity index (χ1v) is 3.29. The van der Waals surface area contributed by atoms with Crippen molar-refractivity contribution < 1.29 is 9.72 Å². The van der Waals surface area contributed by atoms with Gasteiger partial charge in [-0.2, -0.15) is 0 Å². The van der Waals surface area contributed by atoms with Crippen LogP contribution in [0.15, 0.2) is 18.3 Å². The summed E-state index contributed by atoms with van der Waals surface area (Å²) in [6.45, 7) is 0. The quantitative estimate of drug-likeness (QED) is 0.271. The molecule has 0 aliphatic rings. The number of carbonyl (C=O) groups excluding carboxylic acids is 1. The van der Waals surface area contributed by atoms with Gasteiger partial charge in [0.1, 0.15) is 0 Å². The van der Waals surface area contributed by atoms with Crippen molar-refractivity contribution in [3.05, 3.63) is 34.0 Å². The van der Waals surface area contributed by atoms with Gasteiger partial charge in [-0.25, -0.2) is 0 Å². The van der Waals surface area contributed by atoms with E-state index in [0.717, 1.165) is 0 Å². The molecule has 64 valence electrons. The van der Waals surface area contributed by atoms with E-state index >= 15 is 0 Å². The van der Waals surface area contributed by atoms with E-state index in [9.17, 15) is 14.9 Å². The van der Waals surface area contributed by atoms with Crippen LogP contribution in [0.4, 0.5) is 5.82 Å². The first-order chi connectivity index (χ1) is 6.24. The summed E-state index contributed by atoms with van der Waals surface area (Å²) in [5.74, 6) is 4.39. The van der Waals surface area contributed by atoms with E-state index in [1.165, 1.54) is 18.3 Å². The van der Waals surface area contributed by atoms with Gasteiger partial charge in [0.25, 0.3) is 0 Å². The van der Waals surface area contributed by atoms with Gasteiger partial charge in [0.2, 0.25) is 0 Å².